The molecule has 0 spiro atoms. The number of nitrogens with two attached hydrogens (primary N) is 1. The lowest BCUT2D eigenvalue weighted by Crippen LogP contribution is -2.30. The smallest absolute Gasteiger partial charge is 0.267 e. The molecule has 0 bridgehead atoms. The van der Waals surface area contributed by atoms with Gasteiger partial charge in [0.15, 0.2) is 0 Å². The number of anilines is 1. The Morgan fingerprint density at radius 1 is 0.840 bits per heavy atom. The van der Waals surface area contributed by atoms with E-state index in [1.165, 1.54) is 18.2 Å². The lowest BCUT2D eigenvalue weighted by atomic mass is 10.1. The van der Waals surface area contributed by atoms with Crippen LogP contribution in [0.15, 0.2) is 18.2 Å². The van der Waals surface area contributed by atoms with Crippen LogP contribution >= 0.6 is 58.0 Å². The first-order valence-electron chi connectivity index (χ1n) is 6.50. The van der Waals surface area contributed by atoms with Crippen molar-refractivity contribution in [1.82, 2.24) is 0 Å². The van der Waals surface area contributed by atoms with Crippen LogP contribution in [0.2, 0.25) is 25.1 Å². The molecule has 0 aromatic heterocycles. The minimum atomic E-state index is -0.797. The third-order valence-corrected chi connectivity index (χ3v) is 5.69. The summed E-state index contributed by atoms with van der Waals surface area (Å²) in [6, 6.07) is 3.92. The van der Waals surface area contributed by atoms with Crippen LogP contribution in [0.3, 0.4) is 0 Å². The zero-order valence-corrected chi connectivity index (χ0v) is 15.7. The number of hydrogen-bond acceptors (Lipinski definition) is 3. The van der Waals surface area contributed by atoms with Gasteiger partial charge in [0, 0.05) is 5.56 Å². The maximum absolute atomic E-state index is 12.8. The molecule has 0 unspecified atom stereocenters. The monoisotopic (exact) mass is 436 g/mol. The van der Waals surface area contributed by atoms with E-state index in [9.17, 15) is 14.4 Å². The number of amides is 3. The Kier molecular flexibility index (Phi) is 4.64. The molecule has 1 heterocycles. The number of rotatable bonds is 2. The number of imide groups is 1. The molecule has 2 aromatic carbocycles. The standard InChI is InChI=1S/C15H5Cl5N2O3/c16-5-2-1-4(13(21)23)3-6(5)22-14(24)7-8(15(22)25)10(18)12(20)11(19)9(7)17/h1-3H,(H2,21,23). The molecule has 2 aromatic rings. The summed E-state index contributed by atoms with van der Waals surface area (Å²) in [6.45, 7) is 0. The first-order valence-corrected chi connectivity index (χ1v) is 8.39. The van der Waals surface area contributed by atoms with Gasteiger partial charge >= 0.3 is 0 Å². The summed E-state index contributed by atoms with van der Waals surface area (Å²) < 4.78 is 0. The Bertz CT molecular complexity index is 943. The van der Waals surface area contributed by atoms with Gasteiger partial charge in [-0.15, -0.1) is 0 Å². The van der Waals surface area contributed by atoms with Crippen molar-refractivity contribution in [1.29, 1.82) is 0 Å². The van der Waals surface area contributed by atoms with Crippen molar-refractivity contribution >= 4 is 81.4 Å². The molecule has 0 aliphatic carbocycles. The lowest BCUT2D eigenvalue weighted by Gasteiger charge is -2.16. The molecule has 25 heavy (non-hydrogen) atoms. The number of fused-ring (bicyclic) bond motifs is 1. The Morgan fingerprint density at radius 3 is 1.76 bits per heavy atom. The third-order valence-electron chi connectivity index (χ3n) is 3.57. The lowest BCUT2D eigenvalue weighted by molar-refractivity contribution is 0.0923. The number of carbonyl (C=O) groups excluding carboxylic acids is 3. The molecule has 5 nitrogen and oxygen atoms in total. The largest absolute Gasteiger partial charge is 0.366 e. The van der Waals surface area contributed by atoms with Crippen LogP contribution in [0, 0.1) is 0 Å². The number of benzene rings is 2. The average Bonchev–Trinajstić information content (AvgIpc) is 2.82. The zero-order valence-electron chi connectivity index (χ0n) is 11.9. The van der Waals surface area contributed by atoms with Gasteiger partial charge in [-0.2, -0.15) is 0 Å². The third kappa shape index (κ3) is 2.67. The topological polar surface area (TPSA) is 80.5 Å². The second-order valence-electron chi connectivity index (χ2n) is 4.98. The van der Waals surface area contributed by atoms with Crippen LogP contribution in [0.25, 0.3) is 0 Å². The minimum Gasteiger partial charge on any atom is -0.366 e. The molecule has 10 heteroatoms. The van der Waals surface area contributed by atoms with Gasteiger partial charge in [-0.25, -0.2) is 4.90 Å². The van der Waals surface area contributed by atoms with Gasteiger partial charge in [-0.1, -0.05) is 58.0 Å². The molecule has 1 aliphatic heterocycles. The molecule has 128 valence electrons. The van der Waals surface area contributed by atoms with Crippen molar-refractivity contribution in [3.05, 3.63) is 60.0 Å². The molecule has 0 saturated carbocycles. The van der Waals surface area contributed by atoms with Crippen molar-refractivity contribution < 1.29 is 14.4 Å². The molecule has 1 aliphatic rings. The summed E-state index contributed by atoms with van der Waals surface area (Å²) in [6.07, 6.45) is 0. The highest BCUT2D eigenvalue weighted by atomic mass is 35.5. The Morgan fingerprint density at radius 2 is 1.32 bits per heavy atom. The molecule has 3 amide bonds. The van der Waals surface area contributed by atoms with Crippen molar-refractivity contribution in [2.45, 2.75) is 0 Å². The predicted octanol–water partition coefficient (Wildman–Crippen LogP) is 4.85. The fourth-order valence-electron chi connectivity index (χ4n) is 2.41. The Hall–Kier alpha value is -1.50. The molecular weight excluding hydrogens is 433 g/mol. The molecule has 3 rings (SSSR count). The van der Waals surface area contributed by atoms with Crippen molar-refractivity contribution in [3.8, 4) is 0 Å². The second-order valence-corrected chi connectivity index (χ2v) is 6.90. The fraction of sp³-hybridized carbons (Fsp3) is 0. The number of primary amides is 1. The van der Waals surface area contributed by atoms with E-state index in [0.717, 1.165) is 4.90 Å². The highest BCUT2D eigenvalue weighted by Crippen LogP contribution is 2.46. The number of hydrogen-bond donors (Lipinski definition) is 1. The second kappa shape index (κ2) is 6.34. The van der Waals surface area contributed by atoms with Crippen LogP contribution in [-0.2, 0) is 0 Å². The van der Waals surface area contributed by atoms with E-state index in [2.05, 4.69) is 0 Å². The van der Waals surface area contributed by atoms with E-state index in [1.807, 2.05) is 0 Å². The predicted molar refractivity (Wildman–Crippen MR) is 97.6 cm³/mol. The van der Waals surface area contributed by atoms with Crippen LogP contribution in [0.5, 0.6) is 0 Å². The maximum atomic E-state index is 12.8. The first-order chi connectivity index (χ1) is 11.7. The van der Waals surface area contributed by atoms with Crippen LogP contribution in [0.4, 0.5) is 5.69 Å². The van der Waals surface area contributed by atoms with Gasteiger partial charge in [0.2, 0.25) is 5.91 Å². The number of carbonyl (C=O) groups is 3. The minimum absolute atomic E-state index is 0.0384. The van der Waals surface area contributed by atoms with Crippen LogP contribution in [0.1, 0.15) is 31.1 Å². The summed E-state index contributed by atoms with van der Waals surface area (Å²) in [5, 5.41) is -0.647. The summed E-state index contributed by atoms with van der Waals surface area (Å²) in [5.41, 5.74) is 4.87. The van der Waals surface area contributed by atoms with E-state index in [1.54, 1.807) is 0 Å². The van der Waals surface area contributed by atoms with Gasteiger partial charge in [0.25, 0.3) is 11.8 Å². The summed E-state index contributed by atoms with van der Waals surface area (Å²) in [7, 11) is 0. The summed E-state index contributed by atoms with van der Waals surface area (Å²) >= 11 is 30.1. The zero-order chi connectivity index (χ0) is 18.6. The van der Waals surface area contributed by atoms with Crippen molar-refractivity contribution in [2.75, 3.05) is 4.90 Å². The molecule has 0 saturated heterocycles. The molecular formula is C15H5Cl5N2O3. The fourth-order valence-corrected chi connectivity index (χ4v) is 3.62. The van der Waals surface area contributed by atoms with E-state index in [4.69, 9.17) is 63.7 Å². The van der Waals surface area contributed by atoms with Crippen LogP contribution < -0.4 is 10.6 Å². The molecule has 0 atom stereocenters. The maximum Gasteiger partial charge on any atom is 0.267 e. The van der Waals surface area contributed by atoms with Gasteiger partial charge in [-0.05, 0) is 18.2 Å². The van der Waals surface area contributed by atoms with E-state index >= 15 is 0 Å². The summed E-state index contributed by atoms with van der Waals surface area (Å²) in [4.78, 5) is 37.6. The highest BCUT2D eigenvalue weighted by Gasteiger charge is 2.43. The molecule has 0 fully saturated rings. The quantitative estimate of drug-likeness (QED) is 0.413. The number of halogens is 5. The van der Waals surface area contributed by atoms with Crippen LogP contribution in [-0.4, -0.2) is 17.7 Å². The average molecular weight is 438 g/mol. The number of nitrogens with zero attached hydrogens (tertiary/aromatic N) is 1. The van der Waals surface area contributed by atoms with Crippen molar-refractivity contribution in [3.63, 3.8) is 0 Å². The molecule has 2 N–H and O–H groups in total. The normalized spacial score (nSPS) is 13.4. The first kappa shape index (κ1) is 18.3. The highest BCUT2D eigenvalue weighted by molar-refractivity contribution is 6.56. The van der Waals surface area contributed by atoms with Gasteiger partial charge in [-0.3, -0.25) is 14.4 Å². The Balaban J connectivity index is 2.26. The van der Waals surface area contributed by atoms with Gasteiger partial charge < -0.3 is 5.73 Å². The van der Waals surface area contributed by atoms with Crippen molar-refractivity contribution in [2.24, 2.45) is 5.73 Å². The molecule has 0 radical (unpaired) electrons. The van der Waals surface area contributed by atoms with Gasteiger partial charge in [0.1, 0.15) is 0 Å². The van der Waals surface area contributed by atoms with E-state index in [0.29, 0.717) is 0 Å². The van der Waals surface area contributed by atoms with E-state index in [-0.39, 0.29) is 47.5 Å². The summed E-state index contributed by atoms with van der Waals surface area (Å²) in [5.74, 6) is -2.35. The Labute approximate surface area is 166 Å². The van der Waals surface area contributed by atoms with E-state index < -0.39 is 17.7 Å². The SMILES string of the molecule is NC(=O)c1ccc(Cl)c(N2C(=O)c3c(Cl)c(Cl)c(Cl)c(Cl)c3C2=O)c1. The van der Waals surface area contributed by atoms with Gasteiger partial charge in [0.05, 0.1) is 41.9 Å².